The molecule has 0 radical (unpaired) electrons. The standard InChI is InChI=1S/C15H26N4O.HI/c1-3-6-17-15(16-4-2)19-9-7-18(8-10-19)12-14-5-11-20-13-14;/h1,14H,4-13H2,2H3,(H,16,17);1H. The summed E-state index contributed by atoms with van der Waals surface area (Å²) in [4.78, 5) is 9.29. The Morgan fingerprint density at radius 2 is 2.14 bits per heavy atom. The van der Waals surface area contributed by atoms with E-state index >= 15 is 0 Å². The van der Waals surface area contributed by atoms with Crippen LogP contribution in [0, 0.1) is 18.3 Å². The molecule has 0 spiro atoms. The van der Waals surface area contributed by atoms with Crippen molar-refractivity contribution in [1.29, 1.82) is 0 Å². The van der Waals surface area contributed by atoms with E-state index in [9.17, 15) is 0 Å². The van der Waals surface area contributed by atoms with E-state index in [1.165, 1.54) is 13.0 Å². The first-order chi connectivity index (χ1) is 9.83. The Balaban J connectivity index is 0.00000220. The molecule has 2 saturated heterocycles. The number of nitrogens with zero attached hydrogens (tertiary/aromatic N) is 3. The lowest BCUT2D eigenvalue weighted by Crippen LogP contribution is -2.53. The number of ether oxygens (including phenoxy) is 1. The minimum Gasteiger partial charge on any atom is -0.381 e. The maximum absolute atomic E-state index is 5.45. The molecular weight excluding hydrogens is 379 g/mol. The van der Waals surface area contributed by atoms with Crippen LogP contribution in [-0.2, 0) is 4.74 Å². The van der Waals surface area contributed by atoms with Crippen LogP contribution in [0.1, 0.15) is 13.3 Å². The predicted octanol–water partition coefficient (Wildman–Crippen LogP) is 0.857. The van der Waals surface area contributed by atoms with Crippen molar-refractivity contribution >= 4 is 29.9 Å². The van der Waals surface area contributed by atoms with Gasteiger partial charge in [0, 0.05) is 45.9 Å². The molecule has 2 rings (SSSR count). The van der Waals surface area contributed by atoms with Crippen molar-refractivity contribution in [1.82, 2.24) is 15.1 Å². The lowest BCUT2D eigenvalue weighted by Gasteiger charge is -2.37. The van der Waals surface area contributed by atoms with Crippen LogP contribution in [0.2, 0.25) is 0 Å². The fourth-order valence-corrected chi connectivity index (χ4v) is 2.78. The fraction of sp³-hybridized carbons (Fsp3) is 0.800. The Hall–Kier alpha value is -0.520. The van der Waals surface area contributed by atoms with Gasteiger partial charge in [0.2, 0.25) is 0 Å². The molecule has 0 bridgehead atoms. The van der Waals surface area contributed by atoms with Crippen LogP contribution in [0.5, 0.6) is 0 Å². The van der Waals surface area contributed by atoms with Gasteiger partial charge in [0.1, 0.15) is 6.54 Å². The van der Waals surface area contributed by atoms with Gasteiger partial charge in [-0.3, -0.25) is 4.90 Å². The Bertz CT molecular complexity index is 355. The van der Waals surface area contributed by atoms with Gasteiger partial charge in [-0.25, -0.2) is 4.99 Å². The van der Waals surface area contributed by atoms with Gasteiger partial charge in [-0.05, 0) is 19.3 Å². The lowest BCUT2D eigenvalue weighted by atomic mass is 10.1. The van der Waals surface area contributed by atoms with E-state index in [0.29, 0.717) is 6.54 Å². The maximum atomic E-state index is 5.45. The van der Waals surface area contributed by atoms with E-state index in [1.54, 1.807) is 0 Å². The molecule has 21 heavy (non-hydrogen) atoms. The summed E-state index contributed by atoms with van der Waals surface area (Å²) in [6.45, 7) is 10.7. The van der Waals surface area contributed by atoms with Gasteiger partial charge >= 0.3 is 0 Å². The minimum absolute atomic E-state index is 0. The zero-order valence-corrected chi connectivity index (χ0v) is 15.2. The van der Waals surface area contributed by atoms with Crippen LogP contribution in [0.4, 0.5) is 0 Å². The van der Waals surface area contributed by atoms with Crippen molar-refractivity contribution in [3.63, 3.8) is 0 Å². The quantitative estimate of drug-likeness (QED) is 0.326. The number of hydrogen-bond acceptors (Lipinski definition) is 3. The van der Waals surface area contributed by atoms with Crippen molar-refractivity contribution in [2.24, 2.45) is 10.9 Å². The molecule has 6 heteroatoms. The molecule has 1 N–H and O–H groups in total. The van der Waals surface area contributed by atoms with Crippen molar-refractivity contribution < 1.29 is 4.74 Å². The Labute approximate surface area is 145 Å². The SMILES string of the molecule is C#CCN=C(NCC)N1CCN(CC2CCOC2)CC1.I. The van der Waals surface area contributed by atoms with Gasteiger partial charge in [-0.15, -0.1) is 30.4 Å². The van der Waals surface area contributed by atoms with Gasteiger partial charge in [0.25, 0.3) is 0 Å². The smallest absolute Gasteiger partial charge is 0.194 e. The first kappa shape index (κ1) is 18.5. The summed E-state index contributed by atoms with van der Waals surface area (Å²) in [6.07, 6.45) is 6.51. The number of piperazine rings is 1. The topological polar surface area (TPSA) is 40.1 Å². The van der Waals surface area contributed by atoms with Crippen LogP contribution >= 0.6 is 24.0 Å². The highest BCUT2D eigenvalue weighted by atomic mass is 127. The molecule has 0 aliphatic carbocycles. The number of nitrogens with one attached hydrogen (secondary N) is 1. The second-order valence-corrected chi connectivity index (χ2v) is 5.39. The highest BCUT2D eigenvalue weighted by Gasteiger charge is 2.23. The zero-order valence-electron chi connectivity index (χ0n) is 12.9. The third-order valence-corrected chi connectivity index (χ3v) is 3.87. The Kier molecular flexibility index (Phi) is 9.04. The molecule has 2 fully saturated rings. The van der Waals surface area contributed by atoms with E-state index in [4.69, 9.17) is 11.2 Å². The zero-order chi connectivity index (χ0) is 14.2. The highest BCUT2D eigenvalue weighted by Crippen LogP contribution is 2.15. The normalized spacial score (nSPS) is 23.5. The summed E-state index contributed by atoms with van der Waals surface area (Å²) in [5.41, 5.74) is 0. The number of halogens is 1. The summed E-state index contributed by atoms with van der Waals surface area (Å²) >= 11 is 0. The van der Waals surface area contributed by atoms with Gasteiger partial charge in [0.15, 0.2) is 5.96 Å². The van der Waals surface area contributed by atoms with Crippen molar-refractivity contribution in [3.05, 3.63) is 0 Å². The van der Waals surface area contributed by atoms with E-state index < -0.39 is 0 Å². The molecule has 1 atom stereocenters. The molecule has 0 aromatic heterocycles. The molecule has 120 valence electrons. The van der Waals surface area contributed by atoms with Crippen LogP contribution < -0.4 is 5.32 Å². The molecule has 0 amide bonds. The molecule has 2 aliphatic rings. The van der Waals surface area contributed by atoms with Gasteiger partial charge < -0.3 is 15.0 Å². The van der Waals surface area contributed by atoms with Crippen LogP contribution in [0.25, 0.3) is 0 Å². The number of aliphatic imine (C=N–C) groups is 1. The first-order valence-corrected chi connectivity index (χ1v) is 7.60. The number of hydrogen-bond donors (Lipinski definition) is 1. The summed E-state index contributed by atoms with van der Waals surface area (Å²) in [7, 11) is 0. The Morgan fingerprint density at radius 3 is 2.71 bits per heavy atom. The molecule has 1 unspecified atom stereocenters. The predicted molar refractivity (Wildman–Crippen MR) is 97.2 cm³/mol. The van der Waals surface area contributed by atoms with E-state index in [1.807, 2.05) is 0 Å². The molecule has 0 aromatic carbocycles. The summed E-state index contributed by atoms with van der Waals surface area (Å²) in [5, 5.41) is 3.32. The summed E-state index contributed by atoms with van der Waals surface area (Å²) < 4.78 is 5.45. The maximum Gasteiger partial charge on any atom is 0.194 e. The highest BCUT2D eigenvalue weighted by molar-refractivity contribution is 14.0. The second-order valence-electron chi connectivity index (χ2n) is 5.39. The van der Waals surface area contributed by atoms with Gasteiger partial charge in [-0.1, -0.05) is 5.92 Å². The monoisotopic (exact) mass is 406 g/mol. The molecular formula is C15H27IN4O. The molecule has 5 nitrogen and oxygen atoms in total. The van der Waals surface area contributed by atoms with Crippen LogP contribution in [0.3, 0.4) is 0 Å². The fourth-order valence-electron chi connectivity index (χ4n) is 2.78. The minimum atomic E-state index is 0. The van der Waals surface area contributed by atoms with Crippen LogP contribution in [0.15, 0.2) is 4.99 Å². The first-order valence-electron chi connectivity index (χ1n) is 7.60. The average molecular weight is 406 g/mol. The summed E-state index contributed by atoms with van der Waals surface area (Å²) in [5.74, 6) is 4.25. The lowest BCUT2D eigenvalue weighted by molar-refractivity contribution is 0.139. The molecule has 2 heterocycles. The van der Waals surface area contributed by atoms with Crippen LogP contribution in [-0.4, -0.2) is 74.8 Å². The number of terminal acetylenes is 1. The van der Waals surface area contributed by atoms with Crippen molar-refractivity contribution in [3.8, 4) is 12.3 Å². The van der Waals surface area contributed by atoms with E-state index in [-0.39, 0.29) is 24.0 Å². The largest absolute Gasteiger partial charge is 0.381 e. The van der Waals surface area contributed by atoms with E-state index in [2.05, 4.69) is 33.0 Å². The molecule has 0 aromatic rings. The number of rotatable bonds is 4. The third-order valence-electron chi connectivity index (χ3n) is 3.87. The average Bonchev–Trinajstić information content (AvgIpc) is 2.97. The summed E-state index contributed by atoms with van der Waals surface area (Å²) in [6, 6.07) is 0. The third kappa shape index (κ3) is 6.01. The van der Waals surface area contributed by atoms with Crippen molar-refractivity contribution in [2.45, 2.75) is 13.3 Å². The van der Waals surface area contributed by atoms with E-state index in [0.717, 1.165) is 57.8 Å². The molecule has 2 aliphatic heterocycles. The molecule has 0 saturated carbocycles. The Morgan fingerprint density at radius 1 is 1.38 bits per heavy atom. The second kappa shape index (κ2) is 10.2. The van der Waals surface area contributed by atoms with Crippen molar-refractivity contribution in [2.75, 3.05) is 59.0 Å². The van der Waals surface area contributed by atoms with Gasteiger partial charge in [-0.2, -0.15) is 0 Å². The van der Waals surface area contributed by atoms with Gasteiger partial charge in [0.05, 0.1) is 6.61 Å². The number of guanidine groups is 1.